The maximum atomic E-state index is 11.8. The second-order valence-corrected chi connectivity index (χ2v) is 10.9. The van der Waals surface area contributed by atoms with Crippen molar-refractivity contribution in [3.8, 4) is 23.7 Å². The summed E-state index contributed by atoms with van der Waals surface area (Å²) >= 11 is 0. The minimum Gasteiger partial charge on any atom is -0.338 e. The van der Waals surface area contributed by atoms with Gasteiger partial charge in [-0.1, -0.05) is 113 Å². The molecule has 0 saturated carbocycles. The molecule has 0 atom stereocenters. The number of nitrogens with one attached hydrogen (secondary N) is 4. The molecule has 248 valence electrons. The summed E-state index contributed by atoms with van der Waals surface area (Å²) in [7, 11) is 0. The van der Waals surface area contributed by atoms with Crippen LogP contribution in [0.25, 0.3) is 0 Å². The molecule has 0 bridgehead atoms. The van der Waals surface area contributed by atoms with E-state index in [1.807, 2.05) is 84.9 Å². The predicted molar refractivity (Wildman–Crippen MR) is 196 cm³/mol. The van der Waals surface area contributed by atoms with E-state index in [0.717, 1.165) is 36.8 Å². The Morgan fingerprint density at radius 1 is 0.500 bits per heavy atom. The largest absolute Gasteiger partial charge is 0.338 e. The second kappa shape index (κ2) is 22.8. The molecule has 2 aromatic carbocycles. The van der Waals surface area contributed by atoms with Crippen molar-refractivity contribution < 1.29 is 9.59 Å². The first-order valence-corrected chi connectivity index (χ1v) is 16.7. The van der Waals surface area contributed by atoms with Crippen LogP contribution >= 0.6 is 0 Å². The molecule has 4 N–H and O–H groups in total. The fourth-order valence-electron chi connectivity index (χ4n) is 4.29. The fourth-order valence-corrected chi connectivity index (χ4v) is 4.29. The Balaban J connectivity index is 0.000000260. The summed E-state index contributed by atoms with van der Waals surface area (Å²) in [6.45, 7) is 5.69. The minimum absolute atomic E-state index is 0.229. The van der Waals surface area contributed by atoms with Gasteiger partial charge in [-0.05, 0) is 73.2 Å². The number of hydrogen-bond acceptors (Lipinski definition) is 4. The van der Waals surface area contributed by atoms with Crippen LogP contribution in [0.4, 0.5) is 21.2 Å². The summed E-state index contributed by atoms with van der Waals surface area (Å²) in [5.41, 5.74) is 3.11. The van der Waals surface area contributed by atoms with E-state index in [2.05, 4.69) is 68.8 Å². The Labute approximate surface area is 285 Å². The van der Waals surface area contributed by atoms with E-state index >= 15 is 0 Å². The van der Waals surface area contributed by atoms with Gasteiger partial charge in [0.2, 0.25) is 0 Å². The molecule has 2 aromatic heterocycles. The van der Waals surface area contributed by atoms with Crippen molar-refractivity contribution in [3.05, 3.63) is 120 Å². The molecule has 0 fully saturated rings. The van der Waals surface area contributed by atoms with Gasteiger partial charge in [0.25, 0.3) is 0 Å². The monoisotopic (exact) mass is 642 g/mol. The highest BCUT2D eigenvalue weighted by Crippen LogP contribution is 2.06. The maximum Gasteiger partial charge on any atom is 0.320 e. The van der Waals surface area contributed by atoms with Crippen LogP contribution in [0.3, 0.4) is 0 Å². The number of nitrogens with zero attached hydrogens (tertiary/aromatic N) is 2. The lowest BCUT2D eigenvalue weighted by Crippen LogP contribution is -2.29. The Morgan fingerprint density at radius 2 is 0.917 bits per heavy atom. The molecule has 8 nitrogen and oxygen atoms in total. The number of hydrogen-bond donors (Lipinski definition) is 4. The van der Waals surface area contributed by atoms with Crippen LogP contribution in [0.15, 0.2) is 97.1 Å². The van der Waals surface area contributed by atoms with Crippen LogP contribution in [-0.2, 0) is 0 Å². The predicted octanol–water partition coefficient (Wildman–Crippen LogP) is 8.37. The number of carbonyl (C=O) groups is 2. The number of urea groups is 2. The number of aromatic nitrogens is 2. The van der Waals surface area contributed by atoms with E-state index in [9.17, 15) is 9.59 Å². The van der Waals surface area contributed by atoms with Crippen LogP contribution in [0.5, 0.6) is 0 Å². The summed E-state index contributed by atoms with van der Waals surface area (Å²) in [6.07, 6.45) is 9.05. The van der Waals surface area contributed by atoms with Crippen LogP contribution in [0.1, 0.15) is 87.7 Å². The smallest absolute Gasteiger partial charge is 0.320 e. The van der Waals surface area contributed by atoms with Crippen LogP contribution in [0, 0.1) is 23.7 Å². The van der Waals surface area contributed by atoms with Crippen molar-refractivity contribution in [1.82, 2.24) is 20.6 Å². The molecule has 4 rings (SSSR count). The third-order valence-electron chi connectivity index (χ3n) is 6.83. The zero-order valence-corrected chi connectivity index (χ0v) is 28.0. The normalized spacial score (nSPS) is 9.71. The second-order valence-electron chi connectivity index (χ2n) is 10.9. The lowest BCUT2D eigenvalue weighted by Gasteiger charge is -2.07. The van der Waals surface area contributed by atoms with Crippen molar-refractivity contribution in [2.75, 3.05) is 23.7 Å². The zero-order chi connectivity index (χ0) is 34.1. The minimum atomic E-state index is -0.229. The molecule has 0 aliphatic rings. The lowest BCUT2D eigenvalue weighted by atomic mass is 10.2. The molecule has 2 heterocycles. The van der Waals surface area contributed by atoms with E-state index in [-0.39, 0.29) is 12.1 Å². The van der Waals surface area contributed by atoms with Gasteiger partial charge in [-0.25, -0.2) is 19.6 Å². The van der Waals surface area contributed by atoms with Gasteiger partial charge in [0.1, 0.15) is 23.0 Å². The molecule has 0 spiro atoms. The Kier molecular flexibility index (Phi) is 17.5. The van der Waals surface area contributed by atoms with E-state index in [0.29, 0.717) is 36.1 Å². The number of pyridine rings is 2. The number of benzene rings is 2. The topological polar surface area (TPSA) is 108 Å². The number of amides is 4. The highest BCUT2D eigenvalue weighted by atomic mass is 16.2. The van der Waals surface area contributed by atoms with E-state index in [1.165, 1.54) is 25.7 Å². The summed E-state index contributed by atoms with van der Waals surface area (Å²) in [5.74, 6) is 13.1. The first kappa shape index (κ1) is 36.9. The van der Waals surface area contributed by atoms with Crippen molar-refractivity contribution in [2.45, 2.75) is 65.2 Å². The number of carbonyl (C=O) groups excluding carboxylic acids is 2. The summed E-state index contributed by atoms with van der Waals surface area (Å²) < 4.78 is 0. The molecular weight excluding hydrogens is 596 g/mol. The van der Waals surface area contributed by atoms with E-state index < -0.39 is 0 Å². The third kappa shape index (κ3) is 16.1. The third-order valence-corrected chi connectivity index (χ3v) is 6.83. The molecule has 0 aliphatic heterocycles. The SMILES string of the molecule is CCCCCCNC(=O)Nc1cccc(C#Cc2ccccc2)n1.CCCCCCNC(=O)Nc1cccc(C#Cc2ccccc2)n1. The van der Waals surface area contributed by atoms with Gasteiger partial charge in [-0.3, -0.25) is 10.6 Å². The first-order chi connectivity index (χ1) is 23.6. The summed E-state index contributed by atoms with van der Waals surface area (Å²) in [6, 6.07) is 29.8. The maximum absolute atomic E-state index is 11.8. The highest BCUT2D eigenvalue weighted by Gasteiger charge is 2.03. The number of rotatable bonds is 12. The Hall–Kier alpha value is -5.60. The van der Waals surface area contributed by atoms with Crippen LogP contribution < -0.4 is 21.3 Å². The van der Waals surface area contributed by atoms with Gasteiger partial charge in [-0.15, -0.1) is 0 Å². The van der Waals surface area contributed by atoms with Gasteiger partial charge >= 0.3 is 12.1 Å². The van der Waals surface area contributed by atoms with Crippen LogP contribution in [0.2, 0.25) is 0 Å². The highest BCUT2D eigenvalue weighted by molar-refractivity contribution is 5.88. The fraction of sp³-hybridized carbons (Fsp3) is 0.300. The van der Waals surface area contributed by atoms with Crippen molar-refractivity contribution >= 4 is 23.7 Å². The molecule has 0 radical (unpaired) electrons. The lowest BCUT2D eigenvalue weighted by molar-refractivity contribution is 0.251. The number of anilines is 2. The number of unbranched alkanes of at least 4 members (excludes halogenated alkanes) is 6. The average Bonchev–Trinajstić information content (AvgIpc) is 3.11. The molecular formula is C40H46N6O2. The van der Waals surface area contributed by atoms with Gasteiger partial charge in [0, 0.05) is 24.2 Å². The van der Waals surface area contributed by atoms with E-state index in [1.54, 1.807) is 12.1 Å². The Morgan fingerprint density at radius 3 is 1.31 bits per heavy atom. The molecule has 48 heavy (non-hydrogen) atoms. The molecule has 0 saturated heterocycles. The van der Waals surface area contributed by atoms with Crippen molar-refractivity contribution in [1.29, 1.82) is 0 Å². The van der Waals surface area contributed by atoms with Gasteiger partial charge in [0.05, 0.1) is 0 Å². The zero-order valence-electron chi connectivity index (χ0n) is 28.0. The van der Waals surface area contributed by atoms with Gasteiger partial charge in [0.15, 0.2) is 0 Å². The summed E-state index contributed by atoms with van der Waals surface area (Å²) in [5, 5.41) is 11.2. The van der Waals surface area contributed by atoms with Gasteiger partial charge in [-0.2, -0.15) is 0 Å². The van der Waals surface area contributed by atoms with Crippen molar-refractivity contribution in [3.63, 3.8) is 0 Å². The molecule has 0 aliphatic carbocycles. The standard InChI is InChI=1S/2C20H23N3O/c2*1-2-3-4-8-16-21-20(24)23-19-13-9-12-18(22-19)15-14-17-10-6-5-7-11-17/h2*5-7,9-13H,2-4,8,16H2,1H3,(H2,21,22,23,24). The molecule has 0 unspecified atom stereocenters. The van der Waals surface area contributed by atoms with Crippen LogP contribution in [-0.4, -0.2) is 35.1 Å². The van der Waals surface area contributed by atoms with Crippen molar-refractivity contribution in [2.24, 2.45) is 0 Å². The molecule has 4 amide bonds. The molecule has 4 aromatic rings. The quantitative estimate of drug-likeness (QED) is 0.0920. The summed E-state index contributed by atoms with van der Waals surface area (Å²) in [4.78, 5) is 32.4. The Bertz CT molecular complexity index is 1530. The molecule has 8 heteroatoms. The first-order valence-electron chi connectivity index (χ1n) is 16.7. The average molecular weight is 643 g/mol. The van der Waals surface area contributed by atoms with E-state index in [4.69, 9.17) is 0 Å². The van der Waals surface area contributed by atoms with Gasteiger partial charge < -0.3 is 10.6 Å².